The molecule has 2 fully saturated rings. The Morgan fingerprint density at radius 3 is 1.42 bits per heavy atom. The van der Waals surface area contributed by atoms with Gasteiger partial charge >= 0.3 is 0 Å². The van der Waals surface area contributed by atoms with E-state index in [2.05, 4.69) is 43.1 Å². The maximum atomic E-state index is 11.7. The van der Waals surface area contributed by atoms with Gasteiger partial charge in [-0.05, 0) is 24.0 Å². The molecule has 16 N–H and O–H groups in total. The van der Waals surface area contributed by atoms with Crippen LogP contribution in [0.5, 0.6) is 0 Å². The number of H-pyrrole nitrogens is 2. The lowest BCUT2D eigenvalue weighted by Gasteiger charge is -2.15. The van der Waals surface area contributed by atoms with Gasteiger partial charge in [0.25, 0.3) is 11.1 Å². The molecule has 43 heavy (non-hydrogen) atoms. The molecule has 0 bridgehead atoms. The Balaban J connectivity index is 0.000000281. The van der Waals surface area contributed by atoms with Crippen molar-refractivity contribution < 1.29 is 36.9 Å². The summed E-state index contributed by atoms with van der Waals surface area (Å²) in [6.45, 7) is 7.53. The average Bonchev–Trinajstić information content (AvgIpc) is 3.63. The first kappa shape index (κ1) is 34.7. The zero-order chi connectivity index (χ0) is 28.9. The summed E-state index contributed by atoms with van der Waals surface area (Å²) >= 11 is 0. The SMILES string of the molecule is C=C1[C@H](CO)[C@@H](O)C[C@@H]1n1cnc2c(=O)[nH]c(N)nc21.C=C1[C@H](CO)[C@@H](O)C[C@@H]1n1cnc2c(=O)[nH]c(N)nc21.O.O.O. The monoisotopic (exact) mass is 608 g/mol. The van der Waals surface area contributed by atoms with Gasteiger partial charge in [-0.2, -0.15) is 9.97 Å². The van der Waals surface area contributed by atoms with Crippen molar-refractivity contribution in [3.05, 3.63) is 57.7 Å². The highest BCUT2D eigenvalue weighted by Gasteiger charge is 2.39. The number of nitrogens with one attached hydrogen (secondary N) is 2. The maximum Gasteiger partial charge on any atom is 0.280 e. The first-order chi connectivity index (χ1) is 19.0. The molecule has 0 amide bonds. The van der Waals surface area contributed by atoms with Crippen LogP contribution in [0.4, 0.5) is 11.9 Å². The van der Waals surface area contributed by atoms with Gasteiger partial charge in [0, 0.05) is 11.8 Å². The summed E-state index contributed by atoms with van der Waals surface area (Å²) in [5.74, 6) is -0.743. The number of hydrogen-bond donors (Lipinski definition) is 8. The topological polar surface area (TPSA) is 355 Å². The standard InChI is InChI=1S/2C12H15N5O3.3H2O/c2*1-5-6(3-18)8(19)2-7(5)17-4-14-9-10(17)15-12(13)16-11(9)20;;;/h2*4,6-8,18-19H,1-3H2,(H3,13,15,16,20);3*1H2/t2*6-,7-,8-;;;/m00.../s1. The third-order valence-electron chi connectivity index (χ3n) is 7.63. The molecule has 6 rings (SSSR count). The van der Waals surface area contributed by atoms with Gasteiger partial charge in [0.05, 0.1) is 50.2 Å². The molecule has 6 atom stereocenters. The predicted octanol–water partition coefficient (Wildman–Crippen LogP) is -4.13. The van der Waals surface area contributed by atoms with Crippen molar-refractivity contribution >= 4 is 34.2 Å². The number of aliphatic hydroxyl groups is 4. The van der Waals surface area contributed by atoms with Gasteiger partial charge < -0.3 is 57.5 Å². The number of nitrogen functional groups attached to an aromatic ring is 2. The van der Waals surface area contributed by atoms with Crippen molar-refractivity contribution in [3.63, 3.8) is 0 Å². The van der Waals surface area contributed by atoms with Crippen LogP contribution in [0.2, 0.25) is 0 Å². The number of anilines is 2. The minimum absolute atomic E-state index is 0. The summed E-state index contributed by atoms with van der Waals surface area (Å²) < 4.78 is 3.34. The van der Waals surface area contributed by atoms with E-state index in [9.17, 15) is 30.0 Å². The molecule has 19 heteroatoms. The summed E-state index contributed by atoms with van der Waals surface area (Å²) in [6.07, 6.45) is 2.40. The van der Waals surface area contributed by atoms with Gasteiger partial charge in [-0.25, -0.2) is 9.97 Å². The number of hydrogen-bond acceptors (Lipinski definition) is 12. The maximum absolute atomic E-state index is 11.7. The van der Waals surface area contributed by atoms with E-state index in [4.69, 9.17) is 11.5 Å². The van der Waals surface area contributed by atoms with Crippen LogP contribution < -0.4 is 22.6 Å². The molecule has 236 valence electrons. The van der Waals surface area contributed by atoms with Gasteiger partial charge in [-0.1, -0.05) is 13.2 Å². The van der Waals surface area contributed by atoms with Crippen molar-refractivity contribution in [3.8, 4) is 0 Å². The van der Waals surface area contributed by atoms with E-state index >= 15 is 0 Å². The molecule has 2 aliphatic carbocycles. The highest BCUT2D eigenvalue weighted by Crippen LogP contribution is 2.40. The number of rotatable bonds is 4. The zero-order valence-corrected chi connectivity index (χ0v) is 22.8. The smallest absolute Gasteiger partial charge is 0.280 e. The van der Waals surface area contributed by atoms with Crippen LogP contribution in [0, 0.1) is 11.8 Å². The number of nitrogens with two attached hydrogens (primary N) is 2. The number of aliphatic hydroxyl groups excluding tert-OH is 4. The third kappa shape index (κ3) is 5.90. The summed E-state index contributed by atoms with van der Waals surface area (Å²) in [7, 11) is 0. The largest absolute Gasteiger partial charge is 0.412 e. The van der Waals surface area contributed by atoms with Crippen molar-refractivity contribution in [2.75, 3.05) is 24.7 Å². The molecule has 19 nitrogen and oxygen atoms in total. The van der Waals surface area contributed by atoms with E-state index in [0.717, 1.165) is 0 Å². The number of fused-ring (bicyclic) bond motifs is 2. The van der Waals surface area contributed by atoms with E-state index in [0.29, 0.717) is 35.3 Å². The molecule has 0 aromatic carbocycles. The molecule has 0 unspecified atom stereocenters. The molecule has 2 saturated carbocycles. The van der Waals surface area contributed by atoms with E-state index in [-0.39, 0.29) is 76.5 Å². The second kappa shape index (κ2) is 13.2. The Labute approximate surface area is 241 Å². The van der Waals surface area contributed by atoms with E-state index in [1.165, 1.54) is 12.7 Å². The Bertz CT molecular complexity index is 1600. The van der Waals surface area contributed by atoms with Crippen molar-refractivity contribution in [2.24, 2.45) is 11.8 Å². The lowest BCUT2D eigenvalue weighted by atomic mass is 10.0. The fourth-order valence-electron chi connectivity index (χ4n) is 5.48. The predicted molar refractivity (Wildman–Crippen MR) is 155 cm³/mol. The second-order valence-corrected chi connectivity index (χ2v) is 9.92. The zero-order valence-electron chi connectivity index (χ0n) is 22.8. The van der Waals surface area contributed by atoms with Crippen LogP contribution in [0.15, 0.2) is 46.5 Å². The van der Waals surface area contributed by atoms with Gasteiger partial charge in [-0.15, -0.1) is 0 Å². The van der Waals surface area contributed by atoms with Crippen LogP contribution in [-0.2, 0) is 0 Å². The molecular weight excluding hydrogens is 572 g/mol. The summed E-state index contributed by atoms with van der Waals surface area (Å²) in [5.41, 5.74) is 12.7. The minimum atomic E-state index is -0.672. The fraction of sp³-hybridized carbons (Fsp3) is 0.417. The highest BCUT2D eigenvalue weighted by atomic mass is 16.3. The lowest BCUT2D eigenvalue weighted by Crippen LogP contribution is -2.17. The van der Waals surface area contributed by atoms with Gasteiger partial charge in [0.15, 0.2) is 22.3 Å². The molecule has 4 aromatic heterocycles. The van der Waals surface area contributed by atoms with E-state index in [1.807, 2.05) is 0 Å². The van der Waals surface area contributed by atoms with E-state index < -0.39 is 23.3 Å². The normalized spacial score (nSPS) is 24.7. The number of aromatic amines is 2. The minimum Gasteiger partial charge on any atom is -0.412 e. The molecule has 0 spiro atoms. The fourth-order valence-corrected chi connectivity index (χ4v) is 5.48. The number of imidazole rings is 2. The summed E-state index contributed by atoms with van der Waals surface area (Å²) in [6, 6.07) is -0.526. The molecular formula is C24H36N10O9. The second-order valence-electron chi connectivity index (χ2n) is 9.92. The van der Waals surface area contributed by atoms with Crippen LogP contribution in [-0.4, -0.2) is 101 Å². The van der Waals surface area contributed by atoms with Gasteiger partial charge in [-0.3, -0.25) is 19.6 Å². The Hall–Kier alpha value is -4.50. The van der Waals surface area contributed by atoms with Crippen molar-refractivity contribution in [1.29, 1.82) is 0 Å². The molecule has 0 saturated heterocycles. The van der Waals surface area contributed by atoms with E-state index in [1.54, 1.807) is 9.13 Å². The number of aromatic nitrogens is 8. The third-order valence-corrected chi connectivity index (χ3v) is 7.63. The lowest BCUT2D eigenvalue weighted by molar-refractivity contribution is 0.101. The van der Waals surface area contributed by atoms with Crippen molar-refractivity contribution in [1.82, 2.24) is 39.0 Å². The van der Waals surface area contributed by atoms with Crippen LogP contribution in [0.3, 0.4) is 0 Å². The van der Waals surface area contributed by atoms with Crippen molar-refractivity contribution in [2.45, 2.75) is 37.1 Å². The molecule has 0 aliphatic heterocycles. The molecule has 0 radical (unpaired) electrons. The quantitative estimate of drug-likeness (QED) is 0.102. The average molecular weight is 609 g/mol. The first-order valence-electron chi connectivity index (χ1n) is 12.5. The van der Waals surface area contributed by atoms with Gasteiger partial charge in [0.1, 0.15) is 0 Å². The Kier molecular flexibility index (Phi) is 10.7. The Morgan fingerprint density at radius 2 is 1.12 bits per heavy atom. The Morgan fingerprint density at radius 1 is 0.767 bits per heavy atom. The van der Waals surface area contributed by atoms with Gasteiger partial charge in [0.2, 0.25) is 11.9 Å². The molecule has 2 aliphatic rings. The molecule has 4 heterocycles. The summed E-state index contributed by atoms with van der Waals surface area (Å²) in [4.78, 5) is 44.5. The van der Waals surface area contributed by atoms with Crippen LogP contribution >= 0.6 is 0 Å². The number of nitrogens with zero attached hydrogens (tertiary/aromatic N) is 6. The van der Waals surface area contributed by atoms with Crippen LogP contribution in [0.25, 0.3) is 22.3 Å². The molecule has 4 aromatic rings. The van der Waals surface area contributed by atoms with Crippen LogP contribution in [0.1, 0.15) is 24.9 Å². The first-order valence-corrected chi connectivity index (χ1v) is 12.5. The summed E-state index contributed by atoms with van der Waals surface area (Å²) in [5, 5.41) is 38.5. The highest BCUT2D eigenvalue weighted by molar-refractivity contribution is 5.71.